The molecule has 1 aromatic rings. The van der Waals surface area contributed by atoms with Crippen LogP contribution in [0.15, 0.2) is 24.3 Å². The second-order valence-electron chi connectivity index (χ2n) is 7.33. The van der Waals surface area contributed by atoms with Crippen molar-refractivity contribution in [2.75, 3.05) is 32.9 Å². The first kappa shape index (κ1) is 18.8. The Bertz CT molecular complexity index is 690. The highest BCUT2D eigenvalue weighted by molar-refractivity contribution is 5.87. The van der Waals surface area contributed by atoms with Crippen LogP contribution in [0, 0.1) is 11.2 Å². The van der Waals surface area contributed by atoms with Crippen LogP contribution in [0.5, 0.6) is 0 Å². The molecule has 2 saturated heterocycles. The third-order valence-electron chi connectivity index (χ3n) is 5.47. The third-order valence-corrected chi connectivity index (χ3v) is 5.47. The number of carbonyl (C=O) groups is 2. The average Bonchev–Trinajstić information content (AvgIpc) is 2.64. The molecule has 7 heteroatoms. The second-order valence-corrected chi connectivity index (χ2v) is 7.33. The number of hydrogen-bond acceptors (Lipinski definition) is 4. The van der Waals surface area contributed by atoms with E-state index in [1.54, 1.807) is 30.0 Å². The first-order chi connectivity index (χ1) is 12.4. The largest absolute Gasteiger partial charge is 0.381 e. The minimum atomic E-state index is -1.20. The van der Waals surface area contributed by atoms with E-state index in [2.05, 4.69) is 0 Å². The molecule has 0 radical (unpaired) electrons. The number of halogens is 1. The Kier molecular flexibility index (Phi) is 5.29. The van der Waals surface area contributed by atoms with Crippen molar-refractivity contribution in [2.24, 2.45) is 11.1 Å². The lowest BCUT2D eigenvalue weighted by Crippen LogP contribution is -2.61. The van der Waals surface area contributed by atoms with Crippen molar-refractivity contribution in [2.45, 2.75) is 31.8 Å². The minimum Gasteiger partial charge on any atom is -0.381 e. The van der Waals surface area contributed by atoms with E-state index in [0.717, 1.165) is 0 Å². The van der Waals surface area contributed by atoms with Crippen LogP contribution in [0.2, 0.25) is 0 Å². The highest BCUT2D eigenvalue weighted by atomic mass is 19.1. The number of carbonyl (C=O) groups excluding carboxylic acids is 2. The quantitative estimate of drug-likeness (QED) is 0.872. The van der Waals surface area contributed by atoms with Crippen molar-refractivity contribution >= 4 is 11.8 Å². The van der Waals surface area contributed by atoms with Crippen LogP contribution in [0.1, 0.15) is 25.3 Å². The lowest BCUT2D eigenvalue weighted by Gasteiger charge is -2.44. The molecule has 26 heavy (non-hydrogen) atoms. The fourth-order valence-corrected chi connectivity index (χ4v) is 3.76. The molecule has 0 saturated carbocycles. The van der Waals surface area contributed by atoms with Gasteiger partial charge in [-0.15, -0.1) is 0 Å². The van der Waals surface area contributed by atoms with Crippen molar-refractivity contribution < 1.29 is 23.5 Å². The minimum absolute atomic E-state index is 0.0835. The van der Waals surface area contributed by atoms with E-state index < -0.39 is 16.9 Å². The molecule has 2 N–H and O–H groups in total. The molecular weight excluding hydrogens is 339 g/mol. The molecule has 0 aliphatic carbocycles. The van der Waals surface area contributed by atoms with Crippen molar-refractivity contribution in [1.82, 2.24) is 4.90 Å². The molecule has 2 amide bonds. The Morgan fingerprint density at radius 1 is 1.23 bits per heavy atom. The van der Waals surface area contributed by atoms with Gasteiger partial charge in [-0.3, -0.25) is 9.59 Å². The van der Waals surface area contributed by atoms with Gasteiger partial charge >= 0.3 is 0 Å². The van der Waals surface area contributed by atoms with Gasteiger partial charge in [0, 0.05) is 19.8 Å². The Balaban J connectivity index is 1.86. The molecule has 1 aromatic carbocycles. The Morgan fingerprint density at radius 3 is 2.58 bits per heavy atom. The topological polar surface area (TPSA) is 81.9 Å². The predicted octanol–water partition coefficient (Wildman–Crippen LogP) is 1.27. The van der Waals surface area contributed by atoms with E-state index in [-0.39, 0.29) is 24.9 Å². The maximum absolute atomic E-state index is 14.2. The molecule has 2 aliphatic heterocycles. The van der Waals surface area contributed by atoms with Gasteiger partial charge in [0.1, 0.15) is 5.82 Å². The van der Waals surface area contributed by atoms with Crippen molar-refractivity contribution in [3.8, 4) is 0 Å². The number of amides is 2. The number of rotatable bonds is 4. The summed E-state index contributed by atoms with van der Waals surface area (Å²) >= 11 is 0. The van der Waals surface area contributed by atoms with E-state index >= 15 is 0 Å². The Labute approximate surface area is 152 Å². The average molecular weight is 364 g/mol. The maximum atomic E-state index is 14.2. The van der Waals surface area contributed by atoms with Gasteiger partial charge in [-0.2, -0.15) is 0 Å². The maximum Gasteiger partial charge on any atom is 0.251 e. The number of primary amides is 1. The molecule has 6 nitrogen and oxygen atoms in total. The molecule has 1 atom stereocenters. The fourth-order valence-electron chi connectivity index (χ4n) is 3.76. The first-order valence-corrected chi connectivity index (χ1v) is 8.91. The summed E-state index contributed by atoms with van der Waals surface area (Å²) in [7, 11) is 0. The van der Waals surface area contributed by atoms with Crippen LogP contribution >= 0.6 is 0 Å². The van der Waals surface area contributed by atoms with Crippen LogP contribution in [0.25, 0.3) is 0 Å². The lowest BCUT2D eigenvalue weighted by atomic mass is 9.73. The zero-order valence-electron chi connectivity index (χ0n) is 15.0. The summed E-state index contributed by atoms with van der Waals surface area (Å²) in [6.45, 7) is 3.26. The van der Waals surface area contributed by atoms with Crippen molar-refractivity contribution in [3.63, 3.8) is 0 Å². The van der Waals surface area contributed by atoms with Crippen LogP contribution in [-0.2, 0) is 25.5 Å². The fraction of sp³-hybridized carbons (Fsp3) is 0.579. The summed E-state index contributed by atoms with van der Waals surface area (Å²) in [6.07, 6.45) is 1.35. The molecule has 0 aromatic heterocycles. The molecular formula is C19H25FN2O4. The van der Waals surface area contributed by atoms with Gasteiger partial charge in [-0.1, -0.05) is 18.2 Å². The number of nitrogens with two attached hydrogens (primary N) is 1. The van der Waals surface area contributed by atoms with Gasteiger partial charge in [0.25, 0.3) is 5.91 Å². The van der Waals surface area contributed by atoms with E-state index in [1.165, 1.54) is 6.07 Å². The molecule has 0 bridgehead atoms. The van der Waals surface area contributed by atoms with Crippen molar-refractivity contribution in [1.29, 1.82) is 0 Å². The summed E-state index contributed by atoms with van der Waals surface area (Å²) in [5.74, 6) is -0.986. The highest BCUT2D eigenvalue weighted by Crippen LogP contribution is 2.38. The molecule has 0 spiro atoms. The van der Waals surface area contributed by atoms with Gasteiger partial charge in [0.2, 0.25) is 5.91 Å². The van der Waals surface area contributed by atoms with Crippen LogP contribution in [0.3, 0.4) is 0 Å². The van der Waals surface area contributed by atoms with Crippen molar-refractivity contribution in [3.05, 3.63) is 35.6 Å². The first-order valence-electron chi connectivity index (χ1n) is 8.91. The summed E-state index contributed by atoms with van der Waals surface area (Å²) in [4.78, 5) is 26.8. The Hall–Kier alpha value is -1.99. The number of nitrogens with zero attached hydrogens (tertiary/aromatic N) is 1. The zero-order chi connectivity index (χ0) is 18.8. The second kappa shape index (κ2) is 7.32. The monoisotopic (exact) mass is 364 g/mol. The van der Waals surface area contributed by atoms with Crippen LogP contribution < -0.4 is 5.73 Å². The lowest BCUT2D eigenvalue weighted by molar-refractivity contribution is -0.169. The van der Waals surface area contributed by atoms with Crippen LogP contribution in [-0.4, -0.2) is 55.2 Å². The van der Waals surface area contributed by atoms with Gasteiger partial charge in [0.05, 0.1) is 18.6 Å². The number of hydrogen-bond donors (Lipinski definition) is 1. The summed E-state index contributed by atoms with van der Waals surface area (Å²) in [6, 6.07) is 6.53. The highest BCUT2D eigenvalue weighted by Gasteiger charge is 2.47. The molecule has 2 aliphatic rings. The van der Waals surface area contributed by atoms with E-state index in [4.69, 9.17) is 15.2 Å². The number of benzene rings is 1. The number of morpholine rings is 1. The van der Waals surface area contributed by atoms with Crippen LogP contribution in [0.4, 0.5) is 4.39 Å². The third kappa shape index (κ3) is 3.59. The normalized spacial score (nSPS) is 25.7. The number of ether oxygens (including phenoxy) is 2. The summed E-state index contributed by atoms with van der Waals surface area (Å²) in [5, 5.41) is 0. The van der Waals surface area contributed by atoms with Gasteiger partial charge < -0.3 is 20.1 Å². The van der Waals surface area contributed by atoms with E-state index in [9.17, 15) is 14.0 Å². The summed E-state index contributed by atoms with van der Waals surface area (Å²) in [5.41, 5.74) is 4.03. The predicted molar refractivity (Wildman–Crippen MR) is 92.7 cm³/mol. The summed E-state index contributed by atoms with van der Waals surface area (Å²) < 4.78 is 25.2. The van der Waals surface area contributed by atoms with E-state index in [0.29, 0.717) is 44.6 Å². The molecule has 2 heterocycles. The van der Waals surface area contributed by atoms with Gasteiger partial charge in [0.15, 0.2) is 5.60 Å². The van der Waals surface area contributed by atoms with E-state index in [1.807, 2.05) is 0 Å². The Morgan fingerprint density at radius 2 is 1.92 bits per heavy atom. The van der Waals surface area contributed by atoms with Gasteiger partial charge in [-0.05, 0) is 37.8 Å². The molecule has 142 valence electrons. The molecule has 3 rings (SSSR count). The standard InChI is InChI=1S/C19H25FN2O4/c1-18(16(21)23)13-22(8-11-26-18)17(24)19(6-9-25-10-7-19)12-14-4-2-3-5-15(14)20/h2-5H,6-13H2,1H3,(H2,21,23)/t18-/m1/s1. The SMILES string of the molecule is C[C@]1(C(N)=O)CN(C(=O)C2(Cc3ccccc3F)CCOCC2)CCO1. The zero-order valence-corrected chi connectivity index (χ0v) is 15.0. The molecule has 2 fully saturated rings. The van der Waals surface area contributed by atoms with Gasteiger partial charge in [-0.25, -0.2) is 4.39 Å². The molecule has 0 unspecified atom stereocenters. The smallest absolute Gasteiger partial charge is 0.251 e.